The van der Waals surface area contributed by atoms with Gasteiger partial charge in [-0.15, -0.1) is 0 Å². The molecule has 0 aromatic carbocycles. The highest BCUT2D eigenvalue weighted by Crippen LogP contribution is 2.20. The fourth-order valence-electron chi connectivity index (χ4n) is 1.64. The minimum atomic E-state index is -1.23. The minimum absolute atomic E-state index is 0.319. The summed E-state index contributed by atoms with van der Waals surface area (Å²) in [7, 11) is 1.44. The van der Waals surface area contributed by atoms with Gasteiger partial charge in [0.25, 0.3) is 0 Å². The fraction of sp³-hybridized carbons (Fsp3) is 0.462. The van der Waals surface area contributed by atoms with Gasteiger partial charge in [0, 0.05) is 24.4 Å². The van der Waals surface area contributed by atoms with E-state index in [0.717, 1.165) is 5.56 Å². The Morgan fingerprint density at radius 3 is 2.63 bits per heavy atom. The minimum Gasteiger partial charge on any atom is -0.480 e. The highest BCUT2D eigenvalue weighted by atomic mass is 16.4. The summed E-state index contributed by atoms with van der Waals surface area (Å²) in [5.41, 5.74) is 0.660. The van der Waals surface area contributed by atoms with Crippen LogP contribution < -0.4 is 10.6 Å². The molecule has 19 heavy (non-hydrogen) atoms. The van der Waals surface area contributed by atoms with E-state index in [1.54, 1.807) is 12.4 Å². The molecule has 0 saturated carbocycles. The Labute approximate surface area is 112 Å². The molecule has 0 bridgehead atoms. The topological polar surface area (TPSA) is 91.3 Å². The van der Waals surface area contributed by atoms with Gasteiger partial charge in [0.1, 0.15) is 0 Å². The summed E-state index contributed by atoms with van der Waals surface area (Å²) in [5, 5.41) is 14.0. The third-order valence-electron chi connectivity index (χ3n) is 2.95. The van der Waals surface area contributed by atoms with E-state index in [1.165, 1.54) is 7.05 Å². The van der Waals surface area contributed by atoms with Crippen LogP contribution in [0.2, 0.25) is 0 Å². The van der Waals surface area contributed by atoms with Gasteiger partial charge in [0.2, 0.25) is 5.91 Å². The summed E-state index contributed by atoms with van der Waals surface area (Å²) in [4.78, 5) is 26.6. The number of likely N-dealkylation sites (N-methyl/N-ethyl adjacent to an activating group) is 1. The summed E-state index contributed by atoms with van der Waals surface area (Å²) in [6, 6.07) is 2.52. The Bertz CT molecular complexity index is 446. The number of rotatable bonds is 6. The van der Waals surface area contributed by atoms with Crippen molar-refractivity contribution in [2.75, 3.05) is 13.6 Å². The van der Waals surface area contributed by atoms with Gasteiger partial charge in [0.05, 0.1) is 0 Å². The van der Waals surface area contributed by atoms with Crippen molar-refractivity contribution in [2.24, 2.45) is 0 Å². The predicted octanol–water partition coefficient (Wildman–Crippen LogP) is 0.148. The summed E-state index contributed by atoms with van der Waals surface area (Å²) >= 11 is 0. The van der Waals surface area contributed by atoms with E-state index in [1.807, 2.05) is 26.0 Å². The van der Waals surface area contributed by atoms with E-state index in [2.05, 4.69) is 15.6 Å². The Hall–Kier alpha value is -1.95. The zero-order valence-electron chi connectivity index (χ0n) is 11.3. The number of hydrogen-bond donors (Lipinski definition) is 3. The lowest BCUT2D eigenvalue weighted by Gasteiger charge is -2.26. The van der Waals surface area contributed by atoms with Crippen molar-refractivity contribution in [3.63, 3.8) is 0 Å². The average molecular weight is 265 g/mol. The molecule has 1 heterocycles. The number of carboxylic acid groups (broad SMARTS) is 1. The molecule has 1 aromatic rings. The number of aliphatic carboxylic acids is 1. The van der Waals surface area contributed by atoms with Gasteiger partial charge in [-0.25, -0.2) is 4.79 Å². The normalized spacial score (nSPS) is 12.8. The lowest BCUT2D eigenvalue weighted by Crippen LogP contribution is -2.50. The summed E-state index contributed by atoms with van der Waals surface area (Å²) in [6.45, 7) is 4.25. The van der Waals surface area contributed by atoms with E-state index < -0.39 is 17.9 Å². The molecule has 0 aliphatic carbocycles. The van der Waals surface area contributed by atoms with Crippen LogP contribution in [0, 0.1) is 0 Å². The van der Waals surface area contributed by atoms with E-state index in [4.69, 9.17) is 5.11 Å². The van der Waals surface area contributed by atoms with Gasteiger partial charge < -0.3 is 10.4 Å². The van der Waals surface area contributed by atoms with Crippen LogP contribution in [0.5, 0.6) is 0 Å². The van der Waals surface area contributed by atoms with Crippen molar-refractivity contribution in [1.29, 1.82) is 0 Å². The van der Waals surface area contributed by atoms with Crippen molar-refractivity contribution in [2.45, 2.75) is 25.3 Å². The Morgan fingerprint density at radius 2 is 2.16 bits per heavy atom. The molecule has 0 aliphatic heterocycles. The molecule has 0 spiro atoms. The highest BCUT2D eigenvalue weighted by Gasteiger charge is 2.27. The Morgan fingerprint density at radius 1 is 1.47 bits per heavy atom. The molecular formula is C13H19N3O3. The van der Waals surface area contributed by atoms with Crippen LogP contribution in [0.1, 0.15) is 19.4 Å². The van der Waals surface area contributed by atoms with Crippen molar-refractivity contribution >= 4 is 11.9 Å². The average Bonchev–Trinajstić information content (AvgIpc) is 2.38. The van der Waals surface area contributed by atoms with Crippen LogP contribution in [-0.2, 0) is 15.0 Å². The zero-order chi connectivity index (χ0) is 14.5. The summed E-state index contributed by atoms with van der Waals surface area (Å²) in [6.07, 6.45) is 3.42. The summed E-state index contributed by atoms with van der Waals surface area (Å²) < 4.78 is 0. The number of carboxylic acids is 1. The van der Waals surface area contributed by atoms with Crippen LogP contribution in [-0.4, -0.2) is 41.6 Å². The Balaban J connectivity index is 2.66. The molecule has 0 radical (unpaired) electrons. The van der Waals surface area contributed by atoms with E-state index in [0.29, 0.717) is 6.54 Å². The van der Waals surface area contributed by atoms with Crippen LogP contribution in [0.15, 0.2) is 24.5 Å². The van der Waals surface area contributed by atoms with Crippen molar-refractivity contribution < 1.29 is 14.7 Å². The second kappa shape index (κ2) is 6.29. The maximum absolute atomic E-state index is 11.7. The van der Waals surface area contributed by atoms with Gasteiger partial charge >= 0.3 is 5.97 Å². The molecule has 1 aromatic heterocycles. The molecule has 1 atom stereocenters. The fourth-order valence-corrected chi connectivity index (χ4v) is 1.64. The molecule has 1 amide bonds. The van der Waals surface area contributed by atoms with E-state index in [9.17, 15) is 9.59 Å². The number of nitrogens with zero attached hydrogens (tertiary/aromatic N) is 1. The number of carbonyl (C=O) groups excluding carboxylic acids is 1. The first-order valence-corrected chi connectivity index (χ1v) is 5.97. The number of carbonyl (C=O) groups is 2. The first kappa shape index (κ1) is 15.1. The zero-order valence-corrected chi connectivity index (χ0v) is 11.3. The molecule has 0 fully saturated rings. The van der Waals surface area contributed by atoms with Crippen LogP contribution >= 0.6 is 0 Å². The third-order valence-corrected chi connectivity index (χ3v) is 2.95. The quantitative estimate of drug-likeness (QED) is 0.637. The standard InChI is InChI=1S/C13H19N3O3/c1-13(2,9-5-4-6-15-7-9)8-16-11(17)10(14-3)12(18)19/h4-7,10,14H,8H2,1-3H3,(H,16,17)(H,18,19). The Kier molecular flexibility index (Phi) is 5.00. The molecular weight excluding hydrogens is 246 g/mol. The predicted molar refractivity (Wildman–Crippen MR) is 70.8 cm³/mol. The van der Waals surface area contributed by atoms with Gasteiger partial charge in [-0.3, -0.25) is 15.1 Å². The lowest BCUT2D eigenvalue weighted by molar-refractivity contribution is -0.143. The number of pyridine rings is 1. The number of hydrogen-bond acceptors (Lipinski definition) is 4. The summed E-state index contributed by atoms with van der Waals surface area (Å²) in [5.74, 6) is -1.74. The van der Waals surface area contributed by atoms with Gasteiger partial charge in [-0.1, -0.05) is 19.9 Å². The highest BCUT2D eigenvalue weighted by molar-refractivity contribution is 6.01. The second-order valence-corrected chi connectivity index (χ2v) is 4.90. The monoisotopic (exact) mass is 265 g/mol. The van der Waals surface area contributed by atoms with Gasteiger partial charge in [-0.05, 0) is 18.7 Å². The molecule has 1 rings (SSSR count). The molecule has 0 saturated heterocycles. The van der Waals surface area contributed by atoms with Crippen molar-refractivity contribution in [3.8, 4) is 0 Å². The maximum atomic E-state index is 11.7. The number of amides is 1. The van der Waals surface area contributed by atoms with Crippen molar-refractivity contribution in [3.05, 3.63) is 30.1 Å². The lowest BCUT2D eigenvalue weighted by atomic mass is 9.85. The molecule has 1 unspecified atom stereocenters. The molecule has 104 valence electrons. The molecule has 3 N–H and O–H groups in total. The maximum Gasteiger partial charge on any atom is 0.330 e. The smallest absolute Gasteiger partial charge is 0.330 e. The first-order chi connectivity index (χ1) is 8.88. The van der Waals surface area contributed by atoms with Crippen LogP contribution in [0.3, 0.4) is 0 Å². The molecule has 6 heteroatoms. The van der Waals surface area contributed by atoms with Crippen molar-refractivity contribution in [1.82, 2.24) is 15.6 Å². The number of nitrogens with one attached hydrogen (secondary N) is 2. The first-order valence-electron chi connectivity index (χ1n) is 5.97. The SMILES string of the molecule is CNC(C(=O)O)C(=O)NCC(C)(C)c1cccnc1. The van der Waals surface area contributed by atoms with E-state index in [-0.39, 0.29) is 5.41 Å². The van der Waals surface area contributed by atoms with Gasteiger partial charge in [0.15, 0.2) is 6.04 Å². The largest absolute Gasteiger partial charge is 0.480 e. The van der Waals surface area contributed by atoms with E-state index >= 15 is 0 Å². The second-order valence-electron chi connectivity index (χ2n) is 4.90. The van der Waals surface area contributed by atoms with Crippen LogP contribution in [0.25, 0.3) is 0 Å². The number of aromatic nitrogens is 1. The van der Waals surface area contributed by atoms with Crippen LogP contribution in [0.4, 0.5) is 0 Å². The third kappa shape index (κ3) is 4.03. The van der Waals surface area contributed by atoms with Gasteiger partial charge in [-0.2, -0.15) is 0 Å². The molecule has 6 nitrogen and oxygen atoms in total. The molecule has 0 aliphatic rings.